The summed E-state index contributed by atoms with van der Waals surface area (Å²) in [6, 6.07) is 0. The van der Waals surface area contributed by atoms with Gasteiger partial charge in [0.2, 0.25) is 0 Å². The maximum Gasteiger partial charge on any atom is 0.320 e. The summed E-state index contributed by atoms with van der Waals surface area (Å²) in [5.74, 6) is -2.40. The van der Waals surface area contributed by atoms with E-state index in [-0.39, 0.29) is 19.6 Å². The lowest BCUT2D eigenvalue weighted by molar-refractivity contribution is -0.161. The van der Waals surface area contributed by atoms with E-state index in [4.69, 9.17) is 5.21 Å². The Hall–Kier alpha value is -1.59. The monoisotopic (exact) mass is 217 g/mol. The average Bonchev–Trinajstić information content (AvgIpc) is 2.19. The Labute approximate surface area is 87.9 Å². The van der Waals surface area contributed by atoms with Gasteiger partial charge in [0.05, 0.1) is 13.2 Å². The van der Waals surface area contributed by atoms with Crippen LogP contribution in [0.5, 0.6) is 0 Å². The molecule has 0 saturated heterocycles. The molecule has 0 amide bonds. The van der Waals surface area contributed by atoms with E-state index in [0.717, 1.165) is 6.21 Å². The molecule has 0 heterocycles. The van der Waals surface area contributed by atoms with E-state index in [1.165, 1.54) is 0 Å². The molecular weight excluding hydrogens is 202 g/mol. The molecule has 0 radical (unpaired) electrons. The van der Waals surface area contributed by atoms with Crippen LogP contribution in [0.2, 0.25) is 0 Å². The smallest absolute Gasteiger partial charge is 0.320 e. The van der Waals surface area contributed by atoms with Crippen molar-refractivity contribution in [1.82, 2.24) is 0 Å². The van der Waals surface area contributed by atoms with Crippen LogP contribution in [0.15, 0.2) is 5.16 Å². The summed E-state index contributed by atoms with van der Waals surface area (Å²) in [6.07, 6.45) is 1.02. The van der Waals surface area contributed by atoms with Crippen molar-refractivity contribution >= 4 is 18.2 Å². The van der Waals surface area contributed by atoms with Gasteiger partial charge in [-0.15, -0.1) is 5.16 Å². The summed E-state index contributed by atoms with van der Waals surface area (Å²) < 4.78 is 9.37. The van der Waals surface area contributed by atoms with Crippen LogP contribution in [0.1, 0.15) is 20.3 Å². The van der Waals surface area contributed by atoms with Crippen molar-refractivity contribution in [3.8, 4) is 0 Å². The Kier molecular flexibility index (Phi) is 6.96. The second kappa shape index (κ2) is 7.78. The fraction of sp³-hybridized carbons (Fsp3) is 0.667. The summed E-state index contributed by atoms with van der Waals surface area (Å²) >= 11 is 0. The molecule has 0 rings (SSSR count). The van der Waals surface area contributed by atoms with Crippen molar-refractivity contribution in [3.05, 3.63) is 0 Å². The second-order valence-electron chi connectivity index (χ2n) is 2.59. The molecule has 86 valence electrons. The molecule has 6 heteroatoms. The van der Waals surface area contributed by atoms with Gasteiger partial charge in [0.1, 0.15) is 0 Å². The van der Waals surface area contributed by atoms with Crippen LogP contribution in [0.3, 0.4) is 0 Å². The van der Waals surface area contributed by atoms with Crippen molar-refractivity contribution in [1.29, 1.82) is 0 Å². The first-order valence-electron chi connectivity index (χ1n) is 4.66. The van der Waals surface area contributed by atoms with E-state index in [0.29, 0.717) is 0 Å². The lowest BCUT2D eigenvalue weighted by atomic mass is 10.1. The molecule has 0 bridgehead atoms. The second-order valence-corrected chi connectivity index (χ2v) is 2.59. The van der Waals surface area contributed by atoms with Gasteiger partial charge in [-0.1, -0.05) is 0 Å². The van der Waals surface area contributed by atoms with Gasteiger partial charge in [-0.3, -0.25) is 9.59 Å². The predicted molar refractivity (Wildman–Crippen MR) is 51.7 cm³/mol. The minimum atomic E-state index is -1.05. The summed E-state index contributed by atoms with van der Waals surface area (Å²) in [4.78, 5) is 22.6. The van der Waals surface area contributed by atoms with Gasteiger partial charge in [-0.05, 0) is 13.8 Å². The zero-order chi connectivity index (χ0) is 11.7. The molecule has 0 aliphatic rings. The maximum atomic E-state index is 11.3. The third-order valence-corrected chi connectivity index (χ3v) is 1.56. The molecule has 0 aliphatic heterocycles. The number of nitrogens with zero attached hydrogens (tertiary/aromatic N) is 1. The minimum absolute atomic E-state index is 0.0336. The van der Waals surface area contributed by atoms with E-state index in [9.17, 15) is 9.59 Å². The number of esters is 2. The normalized spacial score (nSPS) is 10.6. The highest BCUT2D eigenvalue weighted by Crippen LogP contribution is 2.07. The Balaban J connectivity index is 4.41. The number of hydrogen-bond acceptors (Lipinski definition) is 6. The molecule has 0 fully saturated rings. The number of carbonyl (C=O) groups excluding carboxylic acids is 2. The van der Waals surface area contributed by atoms with Gasteiger partial charge in [-0.25, -0.2) is 0 Å². The van der Waals surface area contributed by atoms with Crippen molar-refractivity contribution in [2.24, 2.45) is 11.1 Å². The Morgan fingerprint density at radius 3 is 2.07 bits per heavy atom. The summed E-state index contributed by atoms with van der Waals surface area (Å²) in [6.45, 7) is 3.65. The number of carbonyl (C=O) groups is 2. The molecule has 0 aliphatic carbocycles. The first-order valence-corrected chi connectivity index (χ1v) is 4.66. The van der Waals surface area contributed by atoms with Crippen LogP contribution >= 0.6 is 0 Å². The van der Waals surface area contributed by atoms with Gasteiger partial charge in [0.25, 0.3) is 0 Å². The van der Waals surface area contributed by atoms with Crippen LogP contribution in [0.4, 0.5) is 0 Å². The molecule has 0 aromatic rings. The van der Waals surface area contributed by atoms with Crippen molar-refractivity contribution in [2.45, 2.75) is 20.3 Å². The number of oxime groups is 1. The van der Waals surface area contributed by atoms with Crippen LogP contribution in [0, 0.1) is 5.92 Å². The summed E-state index contributed by atoms with van der Waals surface area (Å²) in [7, 11) is 0. The van der Waals surface area contributed by atoms with E-state index in [2.05, 4.69) is 14.6 Å². The SMILES string of the molecule is CCOC(=O)C(CC=NO)C(=O)OCC. The third-order valence-electron chi connectivity index (χ3n) is 1.56. The van der Waals surface area contributed by atoms with Gasteiger partial charge in [0.15, 0.2) is 5.92 Å². The van der Waals surface area contributed by atoms with Crippen molar-refractivity contribution < 1.29 is 24.3 Å². The standard InChI is InChI=1S/C9H15NO5/c1-3-14-8(11)7(5-6-10-13)9(12)15-4-2/h6-7,13H,3-5H2,1-2H3. The first kappa shape index (κ1) is 13.4. The highest BCUT2D eigenvalue weighted by Gasteiger charge is 2.28. The third kappa shape index (κ3) is 4.99. The van der Waals surface area contributed by atoms with E-state index in [1.54, 1.807) is 13.8 Å². The maximum absolute atomic E-state index is 11.3. The molecule has 0 aromatic carbocycles. The van der Waals surface area contributed by atoms with E-state index >= 15 is 0 Å². The molecule has 0 spiro atoms. The fourth-order valence-electron chi connectivity index (χ4n) is 0.927. The van der Waals surface area contributed by atoms with Gasteiger partial charge >= 0.3 is 11.9 Å². The fourth-order valence-corrected chi connectivity index (χ4v) is 0.927. The highest BCUT2D eigenvalue weighted by atomic mass is 16.6. The molecule has 0 unspecified atom stereocenters. The van der Waals surface area contributed by atoms with E-state index < -0.39 is 17.9 Å². The topological polar surface area (TPSA) is 85.2 Å². The number of hydrogen-bond donors (Lipinski definition) is 1. The Bertz CT molecular complexity index is 221. The van der Waals surface area contributed by atoms with Gasteiger partial charge in [-0.2, -0.15) is 0 Å². The molecule has 1 N–H and O–H groups in total. The Morgan fingerprint density at radius 1 is 1.27 bits per heavy atom. The largest absolute Gasteiger partial charge is 0.465 e. The highest BCUT2D eigenvalue weighted by molar-refractivity contribution is 5.97. The van der Waals surface area contributed by atoms with Gasteiger partial charge in [0, 0.05) is 12.6 Å². The molecule has 15 heavy (non-hydrogen) atoms. The van der Waals surface area contributed by atoms with Crippen LogP contribution in [-0.2, 0) is 19.1 Å². The van der Waals surface area contributed by atoms with E-state index in [1.807, 2.05) is 0 Å². The summed E-state index contributed by atoms with van der Waals surface area (Å²) in [5.41, 5.74) is 0. The molecule has 0 aromatic heterocycles. The molecule has 0 atom stereocenters. The lowest BCUT2D eigenvalue weighted by Crippen LogP contribution is -2.28. The number of rotatable bonds is 6. The molecule has 0 saturated carbocycles. The molecular formula is C9H15NO5. The predicted octanol–water partition coefficient (Wildman–Crippen LogP) is 0.579. The zero-order valence-electron chi connectivity index (χ0n) is 8.80. The average molecular weight is 217 g/mol. The van der Waals surface area contributed by atoms with Crippen molar-refractivity contribution in [2.75, 3.05) is 13.2 Å². The lowest BCUT2D eigenvalue weighted by Gasteiger charge is -2.11. The Morgan fingerprint density at radius 2 is 1.73 bits per heavy atom. The van der Waals surface area contributed by atoms with Crippen LogP contribution in [-0.4, -0.2) is 36.6 Å². The first-order chi connectivity index (χ1) is 7.17. The summed E-state index contributed by atoms with van der Waals surface area (Å²) in [5, 5.41) is 10.9. The van der Waals surface area contributed by atoms with Gasteiger partial charge < -0.3 is 14.7 Å². The molecule has 6 nitrogen and oxygen atoms in total. The van der Waals surface area contributed by atoms with Crippen LogP contribution in [0.25, 0.3) is 0 Å². The minimum Gasteiger partial charge on any atom is -0.465 e. The van der Waals surface area contributed by atoms with Crippen molar-refractivity contribution in [3.63, 3.8) is 0 Å². The number of ether oxygens (including phenoxy) is 2. The van der Waals surface area contributed by atoms with Crippen LogP contribution < -0.4 is 0 Å². The quantitative estimate of drug-likeness (QED) is 0.231. The zero-order valence-corrected chi connectivity index (χ0v) is 8.80.